The van der Waals surface area contributed by atoms with Crippen molar-refractivity contribution in [2.45, 2.75) is 42.7 Å². The van der Waals surface area contributed by atoms with Crippen LogP contribution in [0.5, 0.6) is 5.75 Å². The number of thiophene rings is 1. The molecule has 1 fully saturated rings. The number of piperidine rings is 1. The quantitative estimate of drug-likeness (QED) is 0.299. The lowest BCUT2D eigenvalue weighted by Gasteiger charge is -2.39. The van der Waals surface area contributed by atoms with Crippen molar-refractivity contribution in [3.63, 3.8) is 0 Å². The Kier molecular flexibility index (Phi) is 9.25. The Morgan fingerprint density at radius 2 is 2.18 bits per heavy atom. The van der Waals surface area contributed by atoms with E-state index >= 15 is 0 Å². The molecule has 0 saturated carbocycles. The fourth-order valence-corrected chi connectivity index (χ4v) is 6.93. The zero-order valence-corrected chi connectivity index (χ0v) is 21.5. The number of likely N-dealkylation sites (tertiary alicyclic amines) is 1. The molecule has 0 aliphatic carbocycles. The van der Waals surface area contributed by atoms with Crippen LogP contribution in [0.15, 0.2) is 52.2 Å². The molecule has 5 nitrogen and oxygen atoms in total. The van der Waals surface area contributed by atoms with Gasteiger partial charge in [0.15, 0.2) is 0 Å². The Balaban J connectivity index is 1.32. The number of nitrogens with zero attached hydrogens (tertiary/aromatic N) is 2. The number of hydrogen-bond acceptors (Lipinski definition) is 6. The summed E-state index contributed by atoms with van der Waals surface area (Å²) in [7, 11) is 1.68. The zero-order valence-electron chi connectivity index (χ0n) is 19.8. The highest BCUT2D eigenvalue weighted by molar-refractivity contribution is 8.01. The summed E-state index contributed by atoms with van der Waals surface area (Å²) in [5.74, 6) is 2.27. The van der Waals surface area contributed by atoms with Gasteiger partial charge in [-0.2, -0.15) is 0 Å². The maximum Gasteiger partial charge on any atom is 0.303 e. The number of methoxy groups -OCH3 is 1. The van der Waals surface area contributed by atoms with E-state index in [-0.39, 0.29) is 6.42 Å². The van der Waals surface area contributed by atoms with Gasteiger partial charge in [0.2, 0.25) is 0 Å². The first-order chi connectivity index (χ1) is 16.6. The molecule has 0 unspecified atom stereocenters. The second-order valence-electron chi connectivity index (χ2n) is 9.07. The Bertz CT molecular complexity index is 1060. The first-order valence-corrected chi connectivity index (χ1v) is 14.0. The van der Waals surface area contributed by atoms with Crippen molar-refractivity contribution in [1.29, 1.82) is 0 Å². The second kappa shape index (κ2) is 12.6. The number of carboxylic acids is 1. The molecule has 34 heavy (non-hydrogen) atoms. The van der Waals surface area contributed by atoms with Gasteiger partial charge in [0, 0.05) is 30.6 Å². The van der Waals surface area contributed by atoms with Crippen LogP contribution in [0.4, 0.5) is 0 Å². The largest absolute Gasteiger partial charge is 0.495 e. The lowest BCUT2D eigenvalue weighted by Crippen LogP contribution is -2.41. The van der Waals surface area contributed by atoms with E-state index in [1.807, 2.05) is 17.8 Å². The maximum atomic E-state index is 11.3. The minimum Gasteiger partial charge on any atom is -0.495 e. The summed E-state index contributed by atoms with van der Waals surface area (Å²) in [5.41, 5.74) is 2.32. The summed E-state index contributed by atoms with van der Waals surface area (Å²) in [6.07, 6.45) is 7.26. The van der Waals surface area contributed by atoms with Gasteiger partial charge in [0.05, 0.1) is 23.0 Å². The number of ether oxygens (including phenoxy) is 1. The Morgan fingerprint density at radius 3 is 2.97 bits per heavy atom. The molecule has 182 valence electrons. The average molecular weight is 499 g/mol. The van der Waals surface area contributed by atoms with Gasteiger partial charge in [-0.15, -0.1) is 23.1 Å². The van der Waals surface area contributed by atoms with E-state index in [4.69, 9.17) is 4.74 Å². The molecule has 2 atom stereocenters. The molecule has 1 aliphatic heterocycles. The van der Waals surface area contributed by atoms with Gasteiger partial charge in [-0.25, -0.2) is 0 Å². The van der Waals surface area contributed by atoms with Crippen LogP contribution in [0.25, 0.3) is 10.9 Å². The van der Waals surface area contributed by atoms with Gasteiger partial charge < -0.3 is 14.7 Å². The third kappa shape index (κ3) is 6.96. The van der Waals surface area contributed by atoms with Crippen LogP contribution in [0.1, 0.15) is 37.7 Å². The number of fused-ring (bicyclic) bond motifs is 1. The fraction of sp³-hybridized carbons (Fsp3) is 0.481. The van der Waals surface area contributed by atoms with Crippen LogP contribution >= 0.6 is 23.1 Å². The van der Waals surface area contributed by atoms with Crippen LogP contribution < -0.4 is 4.74 Å². The summed E-state index contributed by atoms with van der Waals surface area (Å²) < 4.78 is 6.75. The minimum absolute atomic E-state index is 0.272. The third-order valence-electron chi connectivity index (χ3n) is 6.90. The number of carboxylic acid groups (broad SMARTS) is 1. The SMILES string of the molecule is COc1cnc2cccc(CCC[C@@H]3CCN(CCSc4cccs4)C[C@@H]3CCC(=O)O)c2c1. The van der Waals surface area contributed by atoms with Crippen LogP contribution in [0.3, 0.4) is 0 Å². The van der Waals surface area contributed by atoms with Gasteiger partial charge in [0.1, 0.15) is 5.75 Å². The van der Waals surface area contributed by atoms with Gasteiger partial charge in [-0.05, 0) is 79.6 Å². The Hall–Kier alpha value is -2.09. The van der Waals surface area contributed by atoms with Crippen molar-refractivity contribution in [2.24, 2.45) is 11.8 Å². The fourth-order valence-electron chi connectivity index (χ4n) is 5.07. The molecule has 1 aliphatic rings. The normalized spacial score (nSPS) is 18.9. The topological polar surface area (TPSA) is 62.7 Å². The average Bonchev–Trinajstić information content (AvgIpc) is 3.37. The van der Waals surface area contributed by atoms with Crippen molar-refractivity contribution in [3.8, 4) is 5.75 Å². The molecule has 0 amide bonds. The van der Waals surface area contributed by atoms with E-state index in [1.54, 1.807) is 24.6 Å². The summed E-state index contributed by atoms with van der Waals surface area (Å²) in [6.45, 7) is 3.22. The van der Waals surface area contributed by atoms with Gasteiger partial charge in [-0.3, -0.25) is 9.78 Å². The van der Waals surface area contributed by atoms with E-state index in [2.05, 4.69) is 45.6 Å². The molecule has 3 aromatic rings. The van der Waals surface area contributed by atoms with Crippen molar-refractivity contribution in [1.82, 2.24) is 9.88 Å². The number of benzene rings is 1. The lowest BCUT2D eigenvalue weighted by atomic mass is 9.79. The van der Waals surface area contributed by atoms with Crippen molar-refractivity contribution >= 4 is 40.0 Å². The predicted octanol–water partition coefficient (Wildman–Crippen LogP) is 6.22. The molecule has 1 saturated heterocycles. The molecule has 2 aromatic heterocycles. The molecule has 4 rings (SSSR count). The standard InChI is InChI=1S/C27H34N2O3S2/c1-32-23-17-24-21(7-3-8-25(24)28-18-23)6-2-5-20-12-13-29(19-22(20)10-11-26(30)31)14-16-34-27-9-4-15-33-27/h3-4,7-9,15,17-18,20,22H,2,5-6,10-14,16,19H2,1H3,(H,30,31)/t20-,22+/m1/s1. The number of aliphatic carboxylic acids is 1. The number of pyridine rings is 1. The van der Waals surface area contributed by atoms with E-state index in [1.165, 1.54) is 21.6 Å². The zero-order chi connectivity index (χ0) is 23.8. The van der Waals surface area contributed by atoms with Gasteiger partial charge in [-0.1, -0.05) is 18.2 Å². The number of thioether (sulfide) groups is 1. The predicted molar refractivity (Wildman–Crippen MR) is 141 cm³/mol. The molecule has 1 aromatic carbocycles. The van der Waals surface area contributed by atoms with Crippen LogP contribution in [-0.2, 0) is 11.2 Å². The first-order valence-electron chi connectivity index (χ1n) is 12.1. The van der Waals surface area contributed by atoms with Crippen molar-refractivity contribution in [2.75, 3.05) is 32.5 Å². The van der Waals surface area contributed by atoms with Gasteiger partial charge in [0.25, 0.3) is 0 Å². The van der Waals surface area contributed by atoms with E-state index in [0.29, 0.717) is 11.8 Å². The van der Waals surface area contributed by atoms with Gasteiger partial charge >= 0.3 is 5.97 Å². The summed E-state index contributed by atoms with van der Waals surface area (Å²) in [5, 5.41) is 12.6. The molecule has 7 heteroatoms. The van der Waals surface area contributed by atoms with E-state index < -0.39 is 5.97 Å². The maximum absolute atomic E-state index is 11.3. The molecular formula is C27H34N2O3S2. The monoisotopic (exact) mass is 498 g/mol. The number of carbonyl (C=O) groups is 1. The smallest absolute Gasteiger partial charge is 0.303 e. The number of aromatic nitrogens is 1. The third-order valence-corrected chi connectivity index (χ3v) is 9.01. The number of rotatable bonds is 12. The molecule has 3 heterocycles. The minimum atomic E-state index is -0.679. The Labute approximate surface area is 210 Å². The van der Waals surface area contributed by atoms with Crippen molar-refractivity contribution < 1.29 is 14.6 Å². The number of aryl methyl sites for hydroxylation is 1. The Morgan fingerprint density at radius 1 is 1.26 bits per heavy atom. The summed E-state index contributed by atoms with van der Waals surface area (Å²) in [4.78, 5) is 18.4. The van der Waals surface area contributed by atoms with Crippen LogP contribution in [0, 0.1) is 11.8 Å². The summed E-state index contributed by atoms with van der Waals surface area (Å²) in [6, 6.07) is 12.7. The second-order valence-corrected chi connectivity index (χ2v) is 11.4. The lowest BCUT2D eigenvalue weighted by molar-refractivity contribution is -0.137. The molecular weight excluding hydrogens is 464 g/mol. The highest BCUT2D eigenvalue weighted by Gasteiger charge is 2.29. The van der Waals surface area contributed by atoms with Crippen LogP contribution in [0.2, 0.25) is 0 Å². The van der Waals surface area contributed by atoms with Crippen LogP contribution in [-0.4, -0.2) is 53.5 Å². The molecule has 0 spiro atoms. The van der Waals surface area contributed by atoms with E-state index in [0.717, 1.165) is 62.3 Å². The molecule has 1 N–H and O–H groups in total. The molecule has 0 radical (unpaired) electrons. The number of hydrogen-bond donors (Lipinski definition) is 1. The highest BCUT2D eigenvalue weighted by atomic mass is 32.2. The summed E-state index contributed by atoms with van der Waals surface area (Å²) >= 11 is 3.72. The highest BCUT2D eigenvalue weighted by Crippen LogP contribution is 2.33. The van der Waals surface area contributed by atoms with Crippen molar-refractivity contribution in [3.05, 3.63) is 53.5 Å². The molecule has 0 bridgehead atoms. The first kappa shape index (κ1) is 25.0. The van der Waals surface area contributed by atoms with E-state index in [9.17, 15) is 9.90 Å².